The average molecular weight is 255 g/mol. The van der Waals surface area contributed by atoms with Crippen LogP contribution in [0.1, 0.15) is 33.4 Å². The van der Waals surface area contributed by atoms with Crippen molar-refractivity contribution in [2.45, 2.75) is 45.2 Å². The van der Waals surface area contributed by atoms with E-state index in [1.54, 1.807) is 0 Å². The predicted octanol–water partition coefficient (Wildman–Crippen LogP) is 2.84. The summed E-state index contributed by atoms with van der Waals surface area (Å²) in [5.74, 6) is 1.79. The summed E-state index contributed by atoms with van der Waals surface area (Å²) in [7, 11) is 2.01. The fourth-order valence-electron chi connectivity index (χ4n) is 1.49. The molecule has 1 heterocycles. The first-order valence-corrected chi connectivity index (χ1v) is 7.15. The number of rotatable bonds is 5. The van der Waals surface area contributed by atoms with Crippen molar-refractivity contribution in [1.82, 2.24) is 15.1 Å². The lowest BCUT2D eigenvalue weighted by atomic mass is 10.1. The van der Waals surface area contributed by atoms with Gasteiger partial charge in [-0.15, -0.1) is 11.8 Å². The summed E-state index contributed by atoms with van der Waals surface area (Å²) in [6.07, 6.45) is 0. The van der Waals surface area contributed by atoms with Crippen molar-refractivity contribution in [3.8, 4) is 0 Å². The zero-order chi connectivity index (χ0) is 13.1. The van der Waals surface area contributed by atoms with E-state index in [1.165, 1.54) is 5.03 Å². The molecule has 1 aromatic heterocycles. The molecule has 1 N–H and O–H groups in total. The Bertz CT molecular complexity index is 352. The molecular formula is C13H25N3S. The highest BCUT2D eigenvalue weighted by atomic mass is 32.2. The molecule has 0 amide bonds. The van der Waals surface area contributed by atoms with E-state index >= 15 is 0 Å². The van der Waals surface area contributed by atoms with Gasteiger partial charge >= 0.3 is 0 Å². The van der Waals surface area contributed by atoms with Gasteiger partial charge in [0, 0.05) is 18.3 Å². The Kier molecular flexibility index (Phi) is 5.07. The van der Waals surface area contributed by atoms with Gasteiger partial charge in [-0.25, -0.2) is 0 Å². The van der Waals surface area contributed by atoms with Gasteiger partial charge in [0.2, 0.25) is 0 Å². The highest BCUT2D eigenvalue weighted by Gasteiger charge is 2.12. The lowest BCUT2D eigenvalue weighted by molar-refractivity contribution is 0.395. The summed E-state index contributed by atoms with van der Waals surface area (Å²) < 4.78 is 1.96. The minimum Gasteiger partial charge on any atom is -0.312 e. The monoisotopic (exact) mass is 255 g/mol. The molecule has 0 saturated carbocycles. The van der Waals surface area contributed by atoms with E-state index in [1.807, 2.05) is 30.4 Å². The molecule has 0 aliphatic heterocycles. The SMILES string of the molecule is Cc1cc(SCC(C)CNC(C)(C)C)n(C)n1. The summed E-state index contributed by atoms with van der Waals surface area (Å²) in [6, 6.07) is 2.15. The number of nitrogens with one attached hydrogen (secondary N) is 1. The van der Waals surface area contributed by atoms with E-state index in [0.717, 1.165) is 18.0 Å². The number of aryl methyl sites for hydroxylation is 2. The van der Waals surface area contributed by atoms with Crippen molar-refractivity contribution >= 4 is 11.8 Å². The first kappa shape index (κ1) is 14.6. The van der Waals surface area contributed by atoms with E-state index < -0.39 is 0 Å². The van der Waals surface area contributed by atoms with Gasteiger partial charge in [0.25, 0.3) is 0 Å². The Morgan fingerprint density at radius 1 is 1.47 bits per heavy atom. The van der Waals surface area contributed by atoms with Crippen LogP contribution in [0.2, 0.25) is 0 Å². The van der Waals surface area contributed by atoms with Crippen molar-refractivity contribution in [2.24, 2.45) is 13.0 Å². The van der Waals surface area contributed by atoms with Crippen LogP contribution in [0, 0.1) is 12.8 Å². The maximum absolute atomic E-state index is 4.35. The first-order valence-electron chi connectivity index (χ1n) is 6.16. The Morgan fingerprint density at radius 2 is 2.12 bits per heavy atom. The van der Waals surface area contributed by atoms with Gasteiger partial charge in [0.05, 0.1) is 10.7 Å². The van der Waals surface area contributed by atoms with Crippen LogP contribution in [0.4, 0.5) is 0 Å². The highest BCUT2D eigenvalue weighted by Crippen LogP contribution is 2.20. The lowest BCUT2D eigenvalue weighted by Crippen LogP contribution is -2.39. The van der Waals surface area contributed by atoms with Crippen molar-refractivity contribution in [2.75, 3.05) is 12.3 Å². The number of hydrogen-bond acceptors (Lipinski definition) is 3. The van der Waals surface area contributed by atoms with Crippen LogP contribution in [0.5, 0.6) is 0 Å². The van der Waals surface area contributed by atoms with Crippen molar-refractivity contribution < 1.29 is 0 Å². The van der Waals surface area contributed by atoms with E-state index in [0.29, 0.717) is 5.92 Å². The molecule has 0 saturated heterocycles. The van der Waals surface area contributed by atoms with Crippen LogP contribution in [0.15, 0.2) is 11.1 Å². The van der Waals surface area contributed by atoms with E-state index in [4.69, 9.17) is 0 Å². The second-order valence-corrected chi connectivity index (χ2v) is 6.83. The molecule has 3 nitrogen and oxygen atoms in total. The number of nitrogens with zero attached hydrogens (tertiary/aromatic N) is 2. The molecule has 0 aliphatic rings. The standard InChI is InChI=1S/C13H25N3S/c1-10(8-14-13(3,4)5)9-17-12-7-11(2)15-16(12)6/h7,10,14H,8-9H2,1-6H3. The molecule has 1 atom stereocenters. The van der Waals surface area contributed by atoms with Gasteiger partial charge in [0.15, 0.2) is 0 Å². The lowest BCUT2D eigenvalue weighted by Gasteiger charge is -2.23. The Labute approximate surface area is 109 Å². The maximum atomic E-state index is 4.35. The zero-order valence-corrected chi connectivity index (χ0v) is 12.7. The molecule has 0 aromatic carbocycles. The molecule has 0 fully saturated rings. The Balaban J connectivity index is 2.33. The molecular weight excluding hydrogens is 230 g/mol. The maximum Gasteiger partial charge on any atom is 0.0939 e. The van der Waals surface area contributed by atoms with Crippen LogP contribution >= 0.6 is 11.8 Å². The Hall–Kier alpha value is -0.480. The summed E-state index contributed by atoms with van der Waals surface area (Å²) >= 11 is 1.89. The molecule has 0 bridgehead atoms. The van der Waals surface area contributed by atoms with Gasteiger partial charge in [-0.05, 0) is 46.2 Å². The summed E-state index contributed by atoms with van der Waals surface area (Å²) in [5.41, 5.74) is 1.30. The van der Waals surface area contributed by atoms with Crippen molar-refractivity contribution in [3.05, 3.63) is 11.8 Å². The minimum absolute atomic E-state index is 0.210. The first-order chi connectivity index (χ1) is 7.78. The second kappa shape index (κ2) is 5.91. The van der Waals surface area contributed by atoms with Gasteiger partial charge in [-0.2, -0.15) is 5.10 Å². The van der Waals surface area contributed by atoms with E-state index in [9.17, 15) is 0 Å². The third-order valence-corrected chi connectivity index (χ3v) is 3.87. The van der Waals surface area contributed by atoms with Crippen LogP contribution in [0.25, 0.3) is 0 Å². The smallest absolute Gasteiger partial charge is 0.0939 e. The molecule has 4 heteroatoms. The van der Waals surface area contributed by atoms with Gasteiger partial charge in [-0.3, -0.25) is 4.68 Å². The molecule has 0 radical (unpaired) electrons. The normalized spacial score (nSPS) is 14.0. The topological polar surface area (TPSA) is 29.9 Å². The molecule has 0 spiro atoms. The van der Waals surface area contributed by atoms with E-state index in [-0.39, 0.29) is 5.54 Å². The molecule has 1 rings (SSSR count). The number of aromatic nitrogens is 2. The molecule has 98 valence electrons. The van der Waals surface area contributed by atoms with Crippen LogP contribution in [-0.4, -0.2) is 27.6 Å². The van der Waals surface area contributed by atoms with Crippen LogP contribution in [-0.2, 0) is 7.05 Å². The second-order valence-electron chi connectivity index (χ2n) is 5.79. The summed E-state index contributed by atoms with van der Waals surface area (Å²) in [6.45, 7) is 12.0. The van der Waals surface area contributed by atoms with Crippen molar-refractivity contribution in [1.29, 1.82) is 0 Å². The molecule has 1 unspecified atom stereocenters. The van der Waals surface area contributed by atoms with Crippen LogP contribution < -0.4 is 5.32 Å². The summed E-state index contributed by atoms with van der Waals surface area (Å²) in [5, 5.41) is 9.15. The number of hydrogen-bond donors (Lipinski definition) is 1. The Morgan fingerprint density at radius 3 is 2.59 bits per heavy atom. The van der Waals surface area contributed by atoms with E-state index in [2.05, 4.69) is 44.2 Å². The average Bonchev–Trinajstić information content (AvgIpc) is 2.50. The molecule has 17 heavy (non-hydrogen) atoms. The molecule has 1 aromatic rings. The fraction of sp³-hybridized carbons (Fsp3) is 0.769. The largest absolute Gasteiger partial charge is 0.312 e. The fourth-order valence-corrected chi connectivity index (χ4v) is 2.54. The minimum atomic E-state index is 0.210. The number of thioether (sulfide) groups is 1. The third-order valence-electron chi connectivity index (χ3n) is 2.46. The molecule has 0 aliphatic carbocycles. The van der Waals surface area contributed by atoms with Crippen LogP contribution in [0.3, 0.4) is 0 Å². The van der Waals surface area contributed by atoms with Crippen molar-refractivity contribution in [3.63, 3.8) is 0 Å². The van der Waals surface area contributed by atoms with Gasteiger partial charge in [-0.1, -0.05) is 6.92 Å². The predicted molar refractivity (Wildman–Crippen MR) is 75.6 cm³/mol. The van der Waals surface area contributed by atoms with Gasteiger partial charge < -0.3 is 5.32 Å². The zero-order valence-electron chi connectivity index (χ0n) is 11.9. The van der Waals surface area contributed by atoms with Gasteiger partial charge in [0.1, 0.15) is 0 Å². The third kappa shape index (κ3) is 5.59. The quantitative estimate of drug-likeness (QED) is 0.821. The highest BCUT2D eigenvalue weighted by molar-refractivity contribution is 7.99. The summed E-state index contributed by atoms with van der Waals surface area (Å²) in [4.78, 5) is 0.